The number of rotatable bonds is 6. The Morgan fingerprint density at radius 1 is 1.33 bits per heavy atom. The standard InChI is InChI=1S/C16H20BrN3O/c1-4-8-18-16-14(17)10-19-15(20-16)12-6-5-7-13(9-12)21-11(2)3/h5-7,9-11H,4,8H2,1-3H3,(H,18,19,20). The first-order chi connectivity index (χ1) is 10.1. The minimum absolute atomic E-state index is 0.146. The van der Waals surface area contributed by atoms with Gasteiger partial charge in [0.25, 0.3) is 0 Å². The Morgan fingerprint density at radius 3 is 2.86 bits per heavy atom. The lowest BCUT2D eigenvalue weighted by Gasteiger charge is -2.11. The quantitative estimate of drug-likeness (QED) is 0.832. The van der Waals surface area contributed by atoms with Crippen LogP contribution in [-0.2, 0) is 0 Å². The Bertz CT molecular complexity index is 602. The average molecular weight is 350 g/mol. The molecule has 0 aliphatic rings. The fourth-order valence-electron chi connectivity index (χ4n) is 1.85. The number of halogens is 1. The van der Waals surface area contributed by atoms with Crippen LogP contribution >= 0.6 is 15.9 Å². The molecule has 0 aliphatic carbocycles. The summed E-state index contributed by atoms with van der Waals surface area (Å²) in [6.07, 6.45) is 2.97. The Balaban J connectivity index is 2.28. The van der Waals surface area contributed by atoms with Crippen molar-refractivity contribution in [3.8, 4) is 17.1 Å². The van der Waals surface area contributed by atoms with Crippen molar-refractivity contribution in [2.75, 3.05) is 11.9 Å². The normalized spacial score (nSPS) is 10.7. The van der Waals surface area contributed by atoms with Crippen molar-refractivity contribution in [2.45, 2.75) is 33.3 Å². The predicted molar refractivity (Wildman–Crippen MR) is 89.7 cm³/mol. The summed E-state index contributed by atoms with van der Waals surface area (Å²) in [6.45, 7) is 7.02. The summed E-state index contributed by atoms with van der Waals surface area (Å²) in [5, 5.41) is 3.29. The summed E-state index contributed by atoms with van der Waals surface area (Å²) in [7, 11) is 0. The van der Waals surface area contributed by atoms with E-state index in [1.807, 2.05) is 38.1 Å². The number of ether oxygens (including phenoxy) is 1. The molecule has 0 fully saturated rings. The smallest absolute Gasteiger partial charge is 0.161 e. The number of nitrogens with one attached hydrogen (secondary N) is 1. The van der Waals surface area contributed by atoms with E-state index in [2.05, 4.69) is 38.1 Å². The third-order valence-electron chi connectivity index (χ3n) is 2.75. The molecular formula is C16H20BrN3O. The van der Waals surface area contributed by atoms with E-state index < -0.39 is 0 Å². The summed E-state index contributed by atoms with van der Waals surface area (Å²) >= 11 is 3.47. The molecule has 0 saturated heterocycles. The van der Waals surface area contributed by atoms with Crippen molar-refractivity contribution in [1.29, 1.82) is 0 Å². The monoisotopic (exact) mass is 349 g/mol. The second-order valence-corrected chi connectivity index (χ2v) is 5.87. The van der Waals surface area contributed by atoms with Gasteiger partial charge in [0.1, 0.15) is 11.6 Å². The Kier molecular flexibility index (Phi) is 5.56. The Morgan fingerprint density at radius 2 is 2.14 bits per heavy atom. The number of hydrogen-bond donors (Lipinski definition) is 1. The van der Waals surface area contributed by atoms with Crippen LogP contribution in [0.5, 0.6) is 5.75 Å². The first kappa shape index (κ1) is 15.8. The molecule has 0 atom stereocenters. The summed E-state index contributed by atoms with van der Waals surface area (Å²) in [5.41, 5.74) is 0.945. The molecule has 1 aromatic carbocycles. The van der Waals surface area contributed by atoms with Gasteiger partial charge in [-0.15, -0.1) is 0 Å². The van der Waals surface area contributed by atoms with Crippen LogP contribution in [0.1, 0.15) is 27.2 Å². The van der Waals surface area contributed by atoms with Gasteiger partial charge in [-0.2, -0.15) is 0 Å². The summed E-state index contributed by atoms with van der Waals surface area (Å²) in [4.78, 5) is 8.96. The number of anilines is 1. The minimum atomic E-state index is 0.146. The summed E-state index contributed by atoms with van der Waals surface area (Å²) in [6, 6.07) is 7.85. The van der Waals surface area contributed by atoms with E-state index in [4.69, 9.17) is 4.74 Å². The maximum atomic E-state index is 5.71. The van der Waals surface area contributed by atoms with E-state index in [9.17, 15) is 0 Å². The molecule has 2 rings (SSSR count). The highest BCUT2D eigenvalue weighted by Gasteiger charge is 2.08. The lowest BCUT2D eigenvalue weighted by molar-refractivity contribution is 0.242. The lowest BCUT2D eigenvalue weighted by Crippen LogP contribution is -2.06. The molecule has 0 unspecified atom stereocenters. The fourth-order valence-corrected chi connectivity index (χ4v) is 2.19. The molecule has 0 radical (unpaired) electrons. The van der Waals surface area contributed by atoms with Crippen LogP contribution in [0.15, 0.2) is 34.9 Å². The van der Waals surface area contributed by atoms with Gasteiger partial charge in [0.05, 0.1) is 10.6 Å². The van der Waals surface area contributed by atoms with E-state index in [1.165, 1.54) is 0 Å². The van der Waals surface area contributed by atoms with Crippen LogP contribution < -0.4 is 10.1 Å². The third kappa shape index (κ3) is 4.43. The molecule has 0 bridgehead atoms. The van der Waals surface area contributed by atoms with Crippen LogP contribution in [0.3, 0.4) is 0 Å². The molecule has 21 heavy (non-hydrogen) atoms. The van der Waals surface area contributed by atoms with Crippen LogP contribution in [0, 0.1) is 0 Å². The third-order valence-corrected chi connectivity index (χ3v) is 3.33. The molecule has 4 nitrogen and oxygen atoms in total. The van der Waals surface area contributed by atoms with Gasteiger partial charge in [0, 0.05) is 18.3 Å². The van der Waals surface area contributed by atoms with Crippen molar-refractivity contribution in [1.82, 2.24) is 9.97 Å². The van der Waals surface area contributed by atoms with Gasteiger partial charge in [-0.05, 0) is 48.3 Å². The molecule has 0 aliphatic heterocycles. The first-order valence-corrected chi connectivity index (χ1v) is 7.93. The van der Waals surface area contributed by atoms with Gasteiger partial charge in [0.2, 0.25) is 0 Å². The lowest BCUT2D eigenvalue weighted by atomic mass is 10.2. The van der Waals surface area contributed by atoms with Gasteiger partial charge in [-0.1, -0.05) is 19.1 Å². The molecule has 0 amide bonds. The van der Waals surface area contributed by atoms with Crippen LogP contribution in [-0.4, -0.2) is 22.6 Å². The van der Waals surface area contributed by atoms with Gasteiger partial charge in [0.15, 0.2) is 5.82 Å². The van der Waals surface area contributed by atoms with Crippen LogP contribution in [0.2, 0.25) is 0 Å². The molecular weight excluding hydrogens is 330 g/mol. The number of benzene rings is 1. The maximum Gasteiger partial charge on any atom is 0.161 e. The molecule has 0 saturated carbocycles. The van der Waals surface area contributed by atoms with Crippen molar-refractivity contribution >= 4 is 21.7 Å². The number of nitrogens with zero attached hydrogens (tertiary/aromatic N) is 2. The molecule has 5 heteroatoms. The van der Waals surface area contributed by atoms with E-state index in [-0.39, 0.29) is 6.10 Å². The average Bonchev–Trinajstić information content (AvgIpc) is 2.46. The molecule has 1 N–H and O–H groups in total. The van der Waals surface area contributed by atoms with Gasteiger partial charge >= 0.3 is 0 Å². The molecule has 2 aromatic rings. The maximum absolute atomic E-state index is 5.71. The van der Waals surface area contributed by atoms with Crippen molar-refractivity contribution in [3.05, 3.63) is 34.9 Å². The second kappa shape index (κ2) is 7.41. The summed E-state index contributed by atoms with van der Waals surface area (Å²) < 4.78 is 6.58. The zero-order valence-corrected chi connectivity index (χ0v) is 14.1. The highest BCUT2D eigenvalue weighted by atomic mass is 79.9. The van der Waals surface area contributed by atoms with Gasteiger partial charge < -0.3 is 10.1 Å². The van der Waals surface area contributed by atoms with Gasteiger partial charge in [-0.25, -0.2) is 9.97 Å². The highest BCUT2D eigenvalue weighted by molar-refractivity contribution is 9.10. The van der Waals surface area contributed by atoms with Crippen LogP contribution in [0.25, 0.3) is 11.4 Å². The number of aromatic nitrogens is 2. The largest absolute Gasteiger partial charge is 0.491 e. The molecule has 1 aromatic heterocycles. The zero-order valence-electron chi connectivity index (χ0n) is 12.6. The van der Waals surface area contributed by atoms with Crippen LogP contribution in [0.4, 0.5) is 5.82 Å². The predicted octanol–water partition coefficient (Wildman–Crippen LogP) is 4.52. The van der Waals surface area contributed by atoms with Gasteiger partial charge in [-0.3, -0.25) is 0 Å². The van der Waals surface area contributed by atoms with E-state index in [1.54, 1.807) is 6.20 Å². The fraction of sp³-hybridized carbons (Fsp3) is 0.375. The molecule has 0 spiro atoms. The van der Waals surface area contributed by atoms with E-state index in [0.717, 1.165) is 34.6 Å². The van der Waals surface area contributed by atoms with Crippen molar-refractivity contribution in [2.24, 2.45) is 0 Å². The first-order valence-electron chi connectivity index (χ1n) is 7.13. The molecule has 1 heterocycles. The summed E-state index contributed by atoms with van der Waals surface area (Å²) in [5.74, 6) is 2.33. The SMILES string of the molecule is CCCNc1nc(-c2cccc(OC(C)C)c2)ncc1Br. The Labute approximate surface area is 134 Å². The second-order valence-electron chi connectivity index (χ2n) is 5.01. The molecule has 112 valence electrons. The highest BCUT2D eigenvalue weighted by Crippen LogP contribution is 2.25. The van der Waals surface area contributed by atoms with Crippen molar-refractivity contribution < 1.29 is 4.74 Å². The van der Waals surface area contributed by atoms with E-state index >= 15 is 0 Å². The minimum Gasteiger partial charge on any atom is -0.491 e. The number of hydrogen-bond acceptors (Lipinski definition) is 4. The van der Waals surface area contributed by atoms with E-state index in [0.29, 0.717) is 5.82 Å². The Hall–Kier alpha value is -1.62. The topological polar surface area (TPSA) is 47.0 Å². The van der Waals surface area contributed by atoms with Crippen molar-refractivity contribution in [3.63, 3.8) is 0 Å². The zero-order chi connectivity index (χ0) is 15.2.